The molecule has 0 aliphatic heterocycles. The van der Waals surface area contributed by atoms with Crippen LogP contribution in [-0.4, -0.2) is 8.42 Å². The quantitative estimate of drug-likeness (QED) is 0.831. The van der Waals surface area contributed by atoms with Gasteiger partial charge in [0.25, 0.3) is 0 Å². The molecule has 0 heterocycles. The minimum Gasteiger partial charge on any atom is -0.219 e. The lowest BCUT2D eigenvalue weighted by Gasteiger charge is -2.05. The van der Waals surface area contributed by atoms with Gasteiger partial charge in [0.2, 0.25) is 0 Å². The Bertz CT molecular complexity index is 694. The van der Waals surface area contributed by atoms with Crippen molar-refractivity contribution in [1.29, 1.82) is 0 Å². The Labute approximate surface area is 126 Å². The summed E-state index contributed by atoms with van der Waals surface area (Å²) in [5, 5.41) is 0. The first-order chi connectivity index (χ1) is 10.00. The lowest BCUT2D eigenvalue weighted by Crippen LogP contribution is -2.02. The Morgan fingerprint density at radius 1 is 0.714 bits per heavy atom. The molecule has 0 aromatic heterocycles. The highest BCUT2D eigenvalue weighted by atomic mass is 32.2. The summed E-state index contributed by atoms with van der Waals surface area (Å²) in [6, 6.07) is 18.9. The van der Waals surface area contributed by atoms with Crippen LogP contribution in [0.15, 0.2) is 70.5 Å². The lowest BCUT2D eigenvalue weighted by atomic mass is 10.2. The van der Waals surface area contributed by atoms with Crippen LogP contribution in [0.1, 0.15) is 25.0 Å². The van der Waals surface area contributed by atoms with Crippen molar-refractivity contribution in [2.45, 2.75) is 13.8 Å². The zero-order chi connectivity index (χ0) is 15.3. The van der Waals surface area contributed by atoms with Crippen LogP contribution in [0.3, 0.4) is 0 Å². The molecule has 2 rings (SSSR count). The van der Waals surface area contributed by atoms with Gasteiger partial charge in [0, 0.05) is 9.81 Å². The third-order valence-electron chi connectivity index (χ3n) is 3.19. The maximum Gasteiger partial charge on any atom is 0.198 e. The first-order valence-electron chi connectivity index (χ1n) is 6.72. The van der Waals surface area contributed by atoms with E-state index in [-0.39, 0.29) is 0 Å². The highest BCUT2D eigenvalue weighted by molar-refractivity contribution is 7.99. The van der Waals surface area contributed by atoms with Crippen molar-refractivity contribution < 1.29 is 8.42 Å². The molecule has 0 amide bonds. The highest BCUT2D eigenvalue weighted by Gasteiger charge is 2.16. The highest BCUT2D eigenvalue weighted by Crippen LogP contribution is 2.21. The molecule has 21 heavy (non-hydrogen) atoms. The van der Waals surface area contributed by atoms with Crippen molar-refractivity contribution in [3.63, 3.8) is 0 Å². The first-order valence-corrected chi connectivity index (χ1v) is 8.20. The normalized spacial score (nSPS) is 13.2. The molecule has 2 nitrogen and oxygen atoms in total. The van der Waals surface area contributed by atoms with E-state index in [2.05, 4.69) is 0 Å². The number of allylic oxidation sites excluding steroid dienone is 2. The van der Waals surface area contributed by atoms with Gasteiger partial charge >= 0.3 is 0 Å². The van der Waals surface area contributed by atoms with Crippen LogP contribution in [0.25, 0.3) is 12.2 Å². The number of hydrogen-bond acceptors (Lipinski definition) is 2. The summed E-state index contributed by atoms with van der Waals surface area (Å²) in [5.74, 6) is 0. The summed E-state index contributed by atoms with van der Waals surface area (Å²) in [6.07, 6.45) is 3.38. The summed E-state index contributed by atoms with van der Waals surface area (Å²) in [6.45, 7) is 3.26. The molecule has 2 aromatic carbocycles. The van der Waals surface area contributed by atoms with Gasteiger partial charge in [-0.1, -0.05) is 60.7 Å². The fourth-order valence-corrected chi connectivity index (χ4v) is 3.07. The zero-order valence-corrected chi connectivity index (χ0v) is 13.0. The molecule has 0 aliphatic carbocycles. The summed E-state index contributed by atoms with van der Waals surface area (Å²) in [4.78, 5) is 0.691. The van der Waals surface area contributed by atoms with Gasteiger partial charge in [-0.25, -0.2) is 8.42 Å². The summed E-state index contributed by atoms with van der Waals surface area (Å²) in [5.41, 5.74) is 1.76. The van der Waals surface area contributed by atoms with Crippen LogP contribution in [-0.2, 0) is 9.84 Å². The molecule has 2 aromatic rings. The average Bonchev–Trinajstić information content (AvgIpc) is 2.49. The van der Waals surface area contributed by atoms with E-state index in [4.69, 9.17) is 0 Å². The summed E-state index contributed by atoms with van der Waals surface area (Å²) < 4.78 is 25.0. The van der Waals surface area contributed by atoms with Crippen molar-refractivity contribution in [1.82, 2.24) is 0 Å². The molecule has 0 bridgehead atoms. The van der Waals surface area contributed by atoms with Crippen LogP contribution in [0.5, 0.6) is 0 Å². The number of benzene rings is 2. The maximum absolute atomic E-state index is 12.5. The second-order valence-electron chi connectivity index (χ2n) is 4.83. The topological polar surface area (TPSA) is 34.1 Å². The van der Waals surface area contributed by atoms with Gasteiger partial charge < -0.3 is 0 Å². The molecule has 0 saturated carbocycles. The van der Waals surface area contributed by atoms with E-state index in [0.717, 1.165) is 11.1 Å². The molecular formula is C18H18O2S. The third-order valence-corrected chi connectivity index (χ3v) is 5.12. The fourth-order valence-electron chi connectivity index (χ4n) is 1.98. The number of hydrogen-bond donors (Lipinski definition) is 0. The Hall–Kier alpha value is -2.13. The molecule has 0 saturated heterocycles. The predicted octanol–water partition coefficient (Wildman–Crippen LogP) is 4.52. The number of rotatable bonds is 4. The second kappa shape index (κ2) is 6.55. The molecule has 0 atom stereocenters. The molecule has 0 N–H and O–H groups in total. The van der Waals surface area contributed by atoms with E-state index >= 15 is 0 Å². The van der Waals surface area contributed by atoms with Crippen LogP contribution < -0.4 is 0 Å². The number of sulfone groups is 1. The molecule has 0 spiro atoms. The van der Waals surface area contributed by atoms with E-state index in [1.54, 1.807) is 26.0 Å². The molecule has 0 radical (unpaired) electrons. The smallest absolute Gasteiger partial charge is 0.198 e. The van der Waals surface area contributed by atoms with Gasteiger partial charge in [-0.05, 0) is 37.1 Å². The van der Waals surface area contributed by atoms with E-state index < -0.39 is 9.84 Å². The van der Waals surface area contributed by atoms with Gasteiger partial charge in [-0.15, -0.1) is 0 Å². The Kier molecular flexibility index (Phi) is 4.76. The first kappa shape index (κ1) is 15.3. The SMILES string of the molecule is CC(=Cc1ccccc1)S(=O)(=O)C(C)=Cc1ccccc1. The van der Waals surface area contributed by atoms with E-state index in [9.17, 15) is 8.42 Å². The van der Waals surface area contributed by atoms with E-state index in [0.29, 0.717) is 9.81 Å². The average molecular weight is 298 g/mol. The van der Waals surface area contributed by atoms with Gasteiger partial charge in [0.05, 0.1) is 0 Å². The maximum atomic E-state index is 12.5. The van der Waals surface area contributed by atoms with Crippen LogP contribution in [0.4, 0.5) is 0 Å². The van der Waals surface area contributed by atoms with Gasteiger partial charge in [-0.3, -0.25) is 0 Å². The van der Waals surface area contributed by atoms with Crippen molar-refractivity contribution >= 4 is 22.0 Å². The van der Waals surface area contributed by atoms with E-state index in [1.165, 1.54) is 0 Å². The Morgan fingerprint density at radius 2 is 1.05 bits per heavy atom. The zero-order valence-electron chi connectivity index (χ0n) is 12.2. The van der Waals surface area contributed by atoms with Crippen LogP contribution >= 0.6 is 0 Å². The standard InChI is InChI=1S/C18H18O2S/c1-15(13-17-9-5-3-6-10-17)21(19,20)16(2)14-18-11-7-4-8-12-18/h3-14H,1-2H3. The molecule has 0 fully saturated rings. The van der Waals surface area contributed by atoms with Crippen molar-refractivity contribution in [3.05, 3.63) is 81.6 Å². The van der Waals surface area contributed by atoms with E-state index in [1.807, 2.05) is 60.7 Å². The minimum absolute atomic E-state index is 0.346. The van der Waals surface area contributed by atoms with Crippen molar-refractivity contribution in [2.75, 3.05) is 0 Å². The second-order valence-corrected chi connectivity index (χ2v) is 7.13. The van der Waals surface area contributed by atoms with Crippen LogP contribution in [0, 0.1) is 0 Å². The monoisotopic (exact) mass is 298 g/mol. The van der Waals surface area contributed by atoms with Gasteiger partial charge in [-0.2, -0.15) is 0 Å². The summed E-state index contributed by atoms with van der Waals surface area (Å²) in [7, 11) is -3.41. The van der Waals surface area contributed by atoms with Gasteiger partial charge in [0.1, 0.15) is 0 Å². The summed E-state index contributed by atoms with van der Waals surface area (Å²) >= 11 is 0. The lowest BCUT2D eigenvalue weighted by molar-refractivity contribution is 0.608. The molecular weight excluding hydrogens is 280 g/mol. The van der Waals surface area contributed by atoms with Gasteiger partial charge in [0.15, 0.2) is 9.84 Å². The minimum atomic E-state index is -3.41. The van der Waals surface area contributed by atoms with Crippen molar-refractivity contribution in [2.24, 2.45) is 0 Å². The third kappa shape index (κ3) is 3.92. The molecule has 108 valence electrons. The molecule has 0 unspecified atom stereocenters. The Morgan fingerprint density at radius 3 is 1.38 bits per heavy atom. The van der Waals surface area contributed by atoms with Crippen LogP contribution in [0.2, 0.25) is 0 Å². The fraction of sp³-hybridized carbons (Fsp3) is 0.111. The Balaban J connectivity index is 2.33. The molecule has 3 heteroatoms. The largest absolute Gasteiger partial charge is 0.219 e. The van der Waals surface area contributed by atoms with Crippen molar-refractivity contribution in [3.8, 4) is 0 Å². The predicted molar refractivity (Wildman–Crippen MR) is 89.1 cm³/mol. The molecule has 0 aliphatic rings.